The van der Waals surface area contributed by atoms with Crippen LogP contribution in [0.3, 0.4) is 0 Å². The number of benzene rings is 2. The number of amides is 3. The van der Waals surface area contributed by atoms with Crippen LogP contribution in [0, 0.1) is 0 Å². The van der Waals surface area contributed by atoms with Gasteiger partial charge in [0.2, 0.25) is 17.7 Å². The third-order valence-electron chi connectivity index (χ3n) is 7.31. The molecule has 13 nitrogen and oxygen atoms in total. The van der Waals surface area contributed by atoms with Crippen LogP contribution < -0.4 is 44.2 Å². The molecule has 0 spiro atoms. The number of hydrogen-bond donors (Lipinski definition) is 10. The molecule has 3 atom stereocenters. The summed E-state index contributed by atoms with van der Waals surface area (Å²) in [6, 6.07) is 6.79. The number of nitrogens with one attached hydrogen (secondary N) is 4. The molecule has 230 valence electrons. The summed E-state index contributed by atoms with van der Waals surface area (Å²) in [5, 5.41) is 32.6. The summed E-state index contributed by atoms with van der Waals surface area (Å²) in [5.41, 5.74) is 25.5. The van der Waals surface area contributed by atoms with Crippen molar-refractivity contribution < 1.29 is 24.6 Å². The fraction of sp³-hybridized carbons (Fsp3) is 0.483. The predicted molar refractivity (Wildman–Crippen MR) is 160 cm³/mol. The smallest absolute Gasteiger partial charge is 0.243 e. The fourth-order valence-electron chi connectivity index (χ4n) is 4.75. The van der Waals surface area contributed by atoms with Gasteiger partial charge in [-0.2, -0.15) is 0 Å². The minimum atomic E-state index is -1.06. The maximum absolute atomic E-state index is 13.4. The van der Waals surface area contributed by atoms with Gasteiger partial charge in [-0.1, -0.05) is 12.1 Å². The summed E-state index contributed by atoms with van der Waals surface area (Å²) in [6.45, 7) is 2.00. The molecule has 4 bridgehead atoms. The molecule has 14 N–H and O–H groups in total. The van der Waals surface area contributed by atoms with E-state index in [0.717, 1.165) is 5.56 Å². The van der Waals surface area contributed by atoms with E-state index < -0.39 is 35.8 Å². The van der Waals surface area contributed by atoms with E-state index in [1.54, 1.807) is 24.3 Å². The summed E-state index contributed by atoms with van der Waals surface area (Å²) in [5.74, 6) is -1.65. The molecule has 1 heterocycles. The van der Waals surface area contributed by atoms with Crippen molar-refractivity contribution in [3.63, 3.8) is 0 Å². The first-order chi connectivity index (χ1) is 20.2. The normalized spacial score (nSPS) is 19.4. The Morgan fingerprint density at radius 1 is 0.881 bits per heavy atom. The number of phenolic OH excluding ortho intramolecular Hbond substituents is 2. The summed E-state index contributed by atoms with van der Waals surface area (Å²) in [7, 11) is 0. The molecule has 1 aliphatic heterocycles. The Labute approximate surface area is 245 Å². The third kappa shape index (κ3) is 9.13. The van der Waals surface area contributed by atoms with Crippen molar-refractivity contribution in [3.05, 3.63) is 47.5 Å². The second-order valence-electron chi connectivity index (χ2n) is 10.5. The predicted octanol–water partition coefficient (Wildman–Crippen LogP) is -1.72. The third-order valence-corrected chi connectivity index (χ3v) is 7.31. The second kappa shape index (κ2) is 16.0. The van der Waals surface area contributed by atoms with Crippen LogP contribution in [0.25, 0.3) is 11.1 Å². The van der Waals surface area contributed by atoms with Crippen LogP contribution >= 0.6 is 0 Å². The van der Waals surface area contributed by atoms with Gasteiger partial charge in [-0.3, -0.25) is 14.4 Å². The number of rotatable bonds is 11. The van der Waals surface area contributed by atoms with Gasteiger partial charge in [0.1, 0.15) is 23.6 Å². The van der Waals surface area contributed by atoms with Gasteiger partial charge in [-0.25, -0.2) is 0 Å². The fourth-order valence-corrected chi connectivity index (χ4v) is 4.75. The maximum atomic E-state index is 13.4. The van der Waals surface area contributed by atoms with Gasteiger partial charge >= 0.3 is 0 Å². The van der Waals surface area contributed by atoms with E-state index in [0.29, 0.717) is 62.3 Å². The Balaban J connectivity index is 1.92. The lowest BCUT2D eigenvalue weighted by atomic mass is 9.95. The van der Waals surface area contributed by atoms with Gasteiger partial charge < -0.3 is 54.4 Å². The van der Waals surface area contributed by atoms with Gasteiger partial charge in [0.25, 0.3) is 0 Å². The average molecular weight is 585 g/mol. The lowest BCUT2D eigenvalue weighted by molar-refractivity contribution is -0.132. The van der Waals surface area contributed by atoms with E-state index in [9.17, 15) is 24.6 Å². The molecule has 0 radical (unpaired) electrons. The molecule has 0 aliphatic carbocycles. The molecule has 0 fully saturated rings. The van der Waals surface area contributed by atoms with Crippen LogP contribution in [0.2, 0.25) is 0 Å². The average Bonchev–Trinajstić information content (AvgIpc) is 2.98. The molecular formula is C29H44N8O5. The molecule has 13 heteroatoms. The molecule has 42 heavy (non-hydrogen) atoms. The van der Waals surface area contributed by atoms with Crippen molar-refractivity contribution in [3.8, 4) is 22.6 Å². The zero-order chi connectivity index (χ0) is 30.6. The number of fused-ring (bicyclic) bond motifs is 5. The Bertz CT molecular complexity index is 1220. The van der Waals surface area contributed by atoms with Crippen molar-refractivity contribution in [2.24, 2.45) is 22.9 Å². The molecule has 1 aliphatic rings. The highest BCUT2D eigenvalue weighted by Crippen LogP contribution is 2.30. The quantitative estimate of drug-likeness (QED) is 0.134. The lowest BCUT2D eigenvalue weighted by Gasteiger charge is -2.24. The summed E-state index contributed by atoms with van der Waals surface area (Å²) in [4.78, 5) is 39.8. The molecule has 0 saturated heterocycles. The van der Waals surface area contributed by atoms with Crippen LogP contribution in [0.4, 0.5) is 0 Å². The van der Waals surface area contributed by atoms with Crippen LogP contribution in [-0.2, 0) is 27.2 Å². The highest BCUT2D eigenvalue weighted by molar-refractivity contribution is 5.93. The van der Waals surface area contributed by atoms with Gasteiger partial charge in [0.05, 0.1) is 6.04 Å². The summed E-state index contributed by atoms with van der Waals surface area (Å²) < 4.78 is 0. The number of hydrogen-bond acceptors (Lipinski definition) is 10. The van der Waals surface area contributed by atoms with Crippen LogP contribution in [0.15, 0.2) is 36.4 Å². The molecule has 0 unspecified atom stereocenters. The highest BCUT2D eigenvalue weighted by Gasteiger charge is 2.29. The minimum absolute atomic E-state index is 0.0140. The lowest BCUT2D eigenvalue weighted by Crippen LogP contribution is -2.56. The Hall–Kier alpha value is -3.75. The van der Waals surface area contributed by atoms with Gasteiger partial charge in [0, 0.05) is 38.5 Å². The first-order valence-electron chi connectivity index (χ1n) is 14.3. The zero-order valence-electron chi connectivity index (χ0n) is 23.8. The monoisotopic (exact) mass is 584 g/mol. The topological polar surface area (TPSA) is 244 Å². The molecule has 3 rings (SSSR count). The van der Waals surface area contributed by atoms with Crippen molar-refractivity contribution in [2.45, 2.75) is 56.3 Å². The first kappa shape index (κ1) is 32.8. The number of nitrogens with two attached hydrogens (primary N) is 4. The first-order valence-corrected chi connectivity index (χ1v) is 14.3. The molecule has 0 saturated carbocycles. The largest absolute Gasteiger partial charge is 0.508 e. The molecule has 0 aromatic heterocycles. The van der Waals surface area contributed by atoms with Crippen LogP contribution in [0.5, 0.6) is 11.5 Å². The van der Waals surface area contributed by atoms with Crippen molar-refractivity contribution in [2.75, 3.05) is 32.7 Å². The van der Waals surface area contributed by atoms with Crippen LogP contribution in [0.1, 0.15) is 30.4 Å². The number of aromatic hydroxyl groups is 2. The zero-order valence-corrected chi connectivity index (χ0v) is 23.8. The van der Waals surface area contributed by atoms with E-state index in [2.05, 4.69) is 21.3 Å². The van der Waals surface area contributed by atoms with E-state index in [1.807, 2.05) is 0 Å². The standard InChI is InChI=1S/C29H44N8O5/c30-8-1-3-23-29(42)37-24(28(41)35-10-2-9-34-21(15-31)16-32)14-20-12-18(5-7-26(20)39)17-4-6-25(38)19(11-17)13-22(33)27(40)36-23/h4-7,11-12,21-24,34,38-39H,1-3,8-10,13-16,30-33H2,(H,35,41)(H,36,40)(H,37,42)/t22-,23+,24+/m0/s1. The van der Waals surface area contributed by atoms with Crippen molar-refractivity contribution in [1.82, 2.24) is 21.3 Å². The number of carbonyl (C=O) groups excluding carboxylic acids is 3. The van der Waals surface area contributed by atoms with Gasteiger partial charge in [-0.05, 0) is 78.9 Å². The molecule has 3 amide bonds. The second-order valence-corrected chi connectivity index (χ2v) is 10.5. The number of phenols is 2. The van der Waals surface area contributed by atoms with Crippen molar-refractivity contribution in [1.29, 1.82) is 0 Å². The highest BCUT2D eigenvalue weighted by atomic mass is 16.3. The minimum Gasteiger partial charge on any atom is -0.508 e. The Morgan fingerprint density at radius 3 is 2.10 bits per heavy atom. The van der Waals surface area contributed by atoms with E-state index in [4.69, 9.17) is 22.9 Å². The molecule has 2 aromatic carbocycles. The van der Waals surface area contributed by atoms with Gasteiger partial charge in [0.15, 0.2) is 0 Å². The molecule has 2 aromatic rings. The Kier molecular flexibility index (Phi) is 12.5. The maximum Gasteiger partial charge on any atom is 0.243 e. The van der Waals surface area contributed by atoms with Gasteiger partial charge in [-0.15, -0.1) is 0 Å². The van der Waals surface area contributed by atoms with E-state index >= 15 is 0 Å². The van der Waals surface area contributed by atoms with E-state index in [-0.39, 0.29) is 36.8 Å². The van der Waals surface area contributed by atoms with Crippen molar-refractivity contribution >= 4 is 17.7 Å². The van der Waals surface area contributed by atoms with E-state index in [1.165, 1.54) is 12.1 Å². The number of carbonyl (C=O) groups is 3. The SMILES string of the molecule is NCCC[C@H]1NC(=O)[C@@H](N)Cc2cc(ccc2O)-c2ccc(O)c(c2)C[C@H](C(=O)NCCCNC(CN)CN)NC1=O. The Morgan fingerprint density at radius 2 is 1.50 bits per heavy atom. The summed E-state index contributed by atoms with van der Waals surface area (Å²) in [6.07, 6.45) is 1.28. The summed E-state index contributed by atoms with van der Waals surface area (Å²) >= 11 is 0. The van der Waals surface area contributed by atoms with Crippen LogP contribution in [-0.4, -0.2) is 84.8 Å². The molecular weight excluding hydrogens is 540 g/mol.